The molecule has 2 aliphatic rings. The molecule has 2 heterocycles. The fraction of sp³-hybridized carbons (Fsp3) is 0.486. The van der Waals surface area contributed by atoms with Gasteiger partial charge in [-0.25, -0.2) is 9.97 Å². The maximum atomic E-state index is 13.6. The van der Waals surface area contributed by atoms with E-state index >= 15 is 0 Å². The Bertz CT molecular complexity index is 1600. The number of unbranched alkanes of at least 4 members (excludes halogenated alkanes) is 2. The van der Waals surface area contributed by atoms with Gasteiger partial charge in [0, 0.05) is 52.3 Å². The zero-order valence-corrected chi connectivity index (χ0v) is 28.3. The van der Waals surface area contributed by atoms with Crippen molar-refractivity contribution in [3.63, 3.8) is 0 Å². The third kappa shape index (κ3) is 7.35. The monoisotopic (exact) mass is 676 g/mol. The average Bonchev–Trinajstić information content (AvgIpc) is 3.40. The van der Waals surface area contributed by atoms with Gasteiger partial charge in [-0.05, 0) is 98.2 Å². The predicted molar refractivity (Wildman–Crippen MR) is 180 cm³/mol. The first-order valence-corrected chi connectivity index (χ1v) is 17.1. The molecule has 0 spiro atoms. The molecule has 0 bridgehead atoms. The van der Waals surface area contributed by atoms with E-state index in [0.29, 0.717) is 18.0 Å². The molecular formula is C35H41BrN4O3S. The SMILES string of the molecule is C#Cc1csc(-c2cc(O[C@H]3CC[C@@H](C)C(C(=O)N[C@]4(C)C[C@H]4/C=C\CCCCN(C)C=O)C3)c3ccc(C)c(Br)c3n2)n1. The lowest BCUT2D eigenvalue weighted by molar-refractivity contribution is -0.129. The Morgan fingerprint density at radius 3 is 2.89 bits per heavy atom. The van der Waals surface area contributed by atoms with Crippen molar-refractivity contribution in [3.05, 3.63) is 51.5 Å². The first-order valence-electron chi connectivity index (χ1n) is 15.4. The lowest BCUT2D eigenvalue weighted by Crippen LogP contribution is -2.45. The van der Waals surface area contributed by atoms with E-state index in [1.54, 1.807) is 11.9 Å². The molecule has 2 fully saturated rings. The van der Waals surface area contributed by atoms with Crippen molar-refractivity contribution in [2.75, 3.05) is 13.6 Å². The van der Waals surface area contributed by atoms with Gasteiger partial charge in [0.2, 0.25) is 12.3 Å². The molecule has 44 heavy (non-hydrogen) atoms. The molecule has 9 heteroatoms. The van der Waals surface area contributed by atoms with E-state index in [-0.39, 0.29) is 29.4 Å². The second kappa shape index (κ2) is 13.8. The van der Waals surface area contributed by atoms with Crippen molar-refractivity contribution >= 4 is 50.5 Å². The number of aromatic nitrogens is 2. The van der Waals surface area contributed by atoms with Crippen molar-refractivity contribution in [2.45, 2.75) is 77.4 Å². The number of hydrogen-bond acceptors (Lipinski definition) is 6. The number of nitrogens with zero attached hydrogens (tertiary/aromatic N) is 3. The van der Waals surface area contributed by atoms with Gasteiger partial charge in [-0.3, -0.25) is 9.59 Å². The Morgan fingerprint density at radius 1 is 1.32 bits per heavy atom. The number of halogens is 1. The molecule has 232 valence electrons. The number of nitrogens with one attached hydrogen (secondary N) is 1. The lowest BCUT2D eigenvalue weighted by Gasteiger charge is -2.34. The highest BCUT2D eigenvalue weighted by atomic mass is 79.9. The van der Waals surface area contributed by atoms with E-state index < -0.39 is 0 Å². The summed E-state index contributed by atoms with van der Waals surface area (Å²) in [5.74, 6) is 4.02. The van der Waals surface area contributed by atoms with Crippen LogP contribution in [0.2, 0.25) is 0 Å². The summed E-state index contributed by atoms with van der Waals surface area (Å²) in [5.41, 5.74) is 3.03. The molecule has 2 saturated carbocycles. The Labute approximate surface area is 273 Å². The molecular weight excluding hydrogens is 636 g/mol. The van der Waals surface area contributed by atoms with Gasteiger partial charge in [0.15, 0.2) is 0 Å². The van der Waals surface area contributed by atoms with Gasteiger partial charge in [0.25, 0.3) is 0 Å². The van der Waals surface area contributed by atoms with Crippen molar-refractivity contribution in [1.29, 1.82) is 0 Å². The Morgan fingerprint density at radius 2 is 2.14 bits per heavy atom. The fourth-order valence-electron chi connectivity index (χ4n) is 6.06. The number of amides is 2. The molecule has 2 amide bonds. The van der Waals surface area contributed by atoms with Crippen LogP contribution in [0.25, 0.3) is 21.6 Å². The summed E-state index contributed by atoms with van der Waals surface area (Å²) in [5, 5.41) is 6.92. The quantitative estimate of drug-likeness (QED) is 0.0942. The van der Waals surface area contributed by atoms with Crippen LogP contribution in [0.5, 0.6) is 5.75 Å². The van der Waals surface area contributed by atoms with Crippen LogP contribution in [-0.4, -0.2) is 52.4 Å². The van der Waals surface area contributed by atoms with Crippen LogP contribution in [0, 0.1) is 37.0 Å². The third-order valence-electron chi connectivity index (χ3n) is 9.11. The molecule has 3 aromatic rings. The molecule has 2 aliphatic carbocycles. The number of rotatable bonds is 12. The topological polar surface area (TPSA) is 84.4 Å². The normalized spacial score (nSPS) is 24.6. The van der Waals surface area contributed by atoms with Gasteiger partial charge < -0.3 is 15.0 Å². The number of hydrogen-bond donors (Lipinski definition) is 1. The molecule has 0 radical (unpaired) electrons. The predicted octanol–water partition coefficient (Wildman–Crippen LogP) is 7.30. The van der Waals surface area contributed by atoms with Crippen molar-refractivity contribution in [2.24, 2.45) is 17.8 Å². The van der Waals surface area contributed by atoms with Crippen LogP contribution in [0.1, 0.15) is 70.1 Å². The van der Waals surface area contributed by atoms with Gasteiger partial charge in [-0.1, -0.05) is 25.1 Å². The Hall–Kier alpha value is -3.22. The van der Waals surface area contributed by atoms with Crippen LogP contribution in [0.4, 0.5) is 0 Å². The van der Waals surface area contributed by atoms with E-state index in [0.717, 1.165) is 88.9 Å². The van der Waals surface area contributed by atoms with E-state index in [1.165, 1.54) is 11.3 Å². The van der Waals surface area contributed by atoms with Crippen LogP contribution < -0.4 is 10.1 Å². The standard InChI is InChI=1S/C35H41BrN4O3S/c1-6-25-20-44-34(37-25)29-18-30(27-15-13-23(3)31(36)32(27)38-29)43-26-14-12-22(2)28(17-26)33(42)39-35(4)19-24(35)11-9-7-8-10-16-40(5)21-41/h1,9,11,13,15,18,20-22,24,26,28H,7-8,10,12,14,16-17,19H2,2-5H3,(H,39,42)/b11-9-/t22-,24-,26+,28?,35-/m1/s1. The number of carbonyl (C=O) groups excluding carboxylic acids is 2. The number of allylic oxidation sites excluding steroid dienone is 1. The van der Waals surface area contributed by atoms with Crippen LogP contribution in [-0.2, 0) is 9.59 Å². The lowest BCUT2D eigenvalue weighted by atomic mass is 9.78. The summed E-state index contributed by atoms with van der Waals surface area (Å²) in [6, 6.07) is 6.07. The second-order valence-electron chi connectivity index (χ2n) is 12.6. The van der Waals surface area contributed by atoms with Gasteiger partial charge in [-0.2, -0.15) is 0 Å². The highest BCUT2D eigenvalue weighted by Gasteiger charge is 2.50. The molecule has 0 saturated heterocycles. The Kier molecular flexibility index (Phi) is 10.1. The highest BCUT2D eigenvalue weighted by Crippen LogP contribution is 2.45. The van der Waals surface area contributed by atoms with Gasteiger partial charge in [0.05, 0.1) is 11.6 Å². The van der Waals surface area contributed by atoms with E-state index in [9.17, 15) is 9.59 Å². The van der Waals surface area contributed by atoms with Crippen LogP contribution >= 0.6 is 27.3 Å². The summed E-state index contributed by atoms with van der Waals surface area (Å²) < 4.78 is 7.65. The zero-order chi connectivity index (χ0) is 31.4. The van der Waals surface area contributed by atoms with Crippen molar-refractivity contribution in [3.8, 4) is 28.8 Å². The molecule has 1 unspecified atom stereocenters. The number of thiazole rings is 1. The molecule has 7 nitrogen and oxygen atoms in total. The molecule has 1 aromatic carbocycles. The summed E-state index contributed by atoms with van der Waals surface area (Å²) in [7, 11) is 1.81. The molecule has 1 N–H and O–H groups in total. The number of benzene rings is 1. The smallest absolute Gasteiger partial charge is 0.223 e. The zero-order valence-electron chi connectivity index (χ0n) is 25.9. The largest absolute Gasteiger partial charge is 0.490 e. The van der Waals surface area contributed by atoms with E-state index in [1.807, 2.05) is 18.4 Å². The highest BCUT2D eigenvalue weighted by molar-refractivity contribution is 9.10. The number of aryl methyl sites for hydroxylation is 1. The minimum atomic E-state index is -0.190. The Balaban J connectivity index is 1.25. The minimum Gasteiger partial charge on any atom is -0.490 e. The van der Waals surface area contributed by atoms with Gasteiger partial charge in [0.1, 0.15) is 22.1 Å². The number of ether oxygens (including phenoxy) is 1. The van der Waals surface area contributed by atoms with E-state index in [4.69, 9.17) is 16.1 Å². The summed E-state index contributed by atoms with van der Waals surface area (Å²) in [6.45, 7) is 7.16. The minimum absolute atomic E-state index is 0.0843. The average molecular weight is 678 g/mol. The first-order chi connectivity index (χ1) is 21.1. The molecule has 0 aliphatic heterocycles. The number of carbonyl (C=O) groups is 2. The summed E-state index contributed by atoms with van der Waals surface area (Å²) in [6.07, 6.45) is 17.3. The number of terminal acetylenes is 1. The fourth-order valence-corrected chi connectivity index (χ4v) is 7.22. The van der Waals surface area contributed by atoms with E-state index in [2.05, 4.69) is 70.3 Å². The van der Waals surface area contributed by atoms with Crippen LogP contribution in [0.15, 0.2) is 40.2 Å². The van der Waals surface area contributed by atoms with Crippen molar-refractivity contribution < 1.29 is 14.3 Å². The first kappa shape index (κ1) is 32.2. The maximum Gasteiger partial charge on any atom is 0.223 e. The second-order valence-corrected chi connectivity index (χ2v) is 14.3. The number of pyridine rings is 1. The maximum absolute atomic E-state index is 13.6. The summed E-state index contributed by atoms with van der Waals surface area (Å²) in [4.78, 5) is 35.5. The van der Waals surface area contributed by atoms with Gasteiger partial charge in [-0.15, -0.1) is 17.8 Å². The van der Waals surface area contributed by atoms with Gasteiger partial charge >= 0.3 is 0 Å². The van der Waals surface area contributed by atoms with Crippen LogP contribution in [0.3, 0.4) is 0 Å². The molecule has 2 aromatic heterocycles. The number of fused-ring (bicyclic) bond motifs is 1. The molecule has 5 rings (SSSR count). The molecule has 5 atom stereocenters. The summed E-state index contributed by atoms with van der Waals surface area (Å²) >= 11 is 5.21. The van der Waals surface area contributed by atoms with Crippen molar-refractivity contribution in [1.82, 2.24) is 20.2 Å². The third-order valence-corrected chi connectivity index (χ3v) is 11.0.